The van der Waals surface area contributed by atoms with Gasteiger partial charge in [-0.3, -0.25) is 19.4 Å². The second-order valence-corrected chi connectivity index (χ2v) is 16.3. The summed E-state index contributed by atoms with van der Waals surface area (Å²) in [6.45, 7) is 9.88. The van der Waals surface area contributed by atoms with Gasteiger partial charge in [-0.25, -0.2) is 14.4 Å². The largest absolute Gasteiger partial charge is 0.481 e. The van der Waals surface area contributed by atoms with Gasteiger partial charge in [0.05, 0.1) is 30.6 Å². The van der Waals surface area contributed by atoms with E-state index in [9.17, 15) is 9.59 Å². The van der Waals surface area contributed by atoms with Crippen molar-refractivity contribution in [3.8, 4) is 45.4 Å². The van der Waals surface area contributed by atoms with Crippen LogP contribution >= 0.6 is 11.6 Å². The monoisotopic (exact) mass is 764 g/mol. The van der Waals surface area contributed by atoms with Crippen molar-refractivity contribution in [2.24, 2.45) is 5.41 Å². The second-order valence-electron chi connectivity index (χ2n) is 15.9. The number of fused-ring (bicyclic) bond motifs is 2. The zero-order valence-electron chi connectivity index (χ0n) is 31.8. The molecule has 5 heterocycles. The molecule has 2 aliphatic carbocycles. The van der Waals surface area contributed by atoms with Gasteiger partial charge in [0.1, 0.15) is 5.82 Å². The molecule has 12 heteroatoms. The van der Waals surface area contributed by atoms with E-state index < -0.39 is 5.82 Å². The van der Waals surface area contributed by atoms with Gasteiger partial charge < -0.3 is 19.3 Å². The molecular formula is C43H46ClFN6O4. The third-order valence-electron chi connectivity index (χ3n) is 12.7. The number of carbonyl (C=O) groups is 2. The lowest BCUT2D eigenvalue weighted by atomic mass is 9.72. The Balaban J connectivity index is 0.988. The number of amides is 2. The van der Waals surface area contributed by atoms with Crippen molar-refractivity contribution in [1.29, 1.82) is 0 Å². The first-order valence-electron chi connectivity index (χ1n) is 19.3. The summed E-state index contributed by atoms with van der Waals surface area (Å²) in [7, 11) is 3.28. The summed E-state index contributed by atoms with van der Waals surface area (Å²) in [5.41, 5.74) is 7.97. The van der Waals surface area contributed by atoms with Crippen LogP contribution in [-0.4, -0.2) is 108 Å². The molecule has 0 N–H and O–H groups in total. The number of carbonyl (C=O) groups excluding carboxylic acids is 2. The summed E-state index contributed by atoms with van der Waals surface area (Å²) in [6.07, 6.45) is 3.64. The van der Waals surface area contributed by atoms with Gasteiger partial charge in [0.2, 0.25) is 23.6 Å². The number of piperazine rings is 1. The molecule has 3 fully saturated rings. The van der Waals surface area contributed by atoms with Crippen LogP contribution in [0.5, 0.6) is 11.8 Å². The Hall–Kier alpha value is -4.58. The molecule has 1 spiro atoms. The van der Waals surface area contributed by atoms with E-state index in [4.69, 9.17) is 31.0 Å². The van der Waals surface area contributed by atoms with E-state index in [0.29, 0.717) is 63.5 Å². The first-order valence-corrected chi connectivity index (χ1v) is 19.7. The minimum atomic E-state index is -0.404. The molecule has 2 atom stereocenters. The molecule has 55 heavy (non-hydrogen) atoms. The maximum absolute atomic E-state index is 16.8. The van der Waals surface area contributed by atoms with Gasteiger partial charge in [0, 0.05) is 117 Å². The number of ether oxygens (including phenoxy) is 2. The van der Waals surface area contributed by atoms with E-state index in [-0.39, 0.29) is 29.3 Å². The third kappa shape index (κ3) is 6.06. The number of benzene rings is 2. The van der Waals surface area contributed by atoms with Gasteiger partial charge in [-0.05, 0) is 55.0 Å². The number of rotatable bonds is 7. The van der Waals surface area contributed by atoms with Crippen molar-refractivity contribution in [2.75, 3.05) is 66.6 Å². The molecule has 2 amide bonds. The molecule has 5 aliphatic rings. The molecule has 9 rings (SSSR count). The lowest BCUT2D eigenvalue weighted by Gasteiger charge is -2.61. The van der Waals surface area contributed by atoms with Gasteiger partial charge in [-0.15, -0.1) is 0 Å². The van der Waals surface area contributed by atoms with Crippen molar-refractivity contribution in [3.63, 3.8) is 0 Å². The van der Waals surface area contributed by atoms with Crippen LogP contribution < -0.4 is 9.47 Å². The smallest absolute Gasteiger partial charge is 0.219 e. The van der Waals surface area contributed by atoms with Crippen LogP contribution in [0.1, 0.15) is 61.0 Å². The molecular weight excluding hydrogens is 719 g/mol. The number of methoxy groups -OCH3 is 2. The number of likely N-dealkylation sites (tertiary alicyclic amines) is 2. The Kier molecular flexibility index (Phi) is 9.09. The van der Waals surface area contributed by atoms with E-state index in [1.54, 1.807) is 40.2 Å². The van der Waals surface area contributed by atoms with E-state index in [0.717, 1.165) is 81.6 Å². The third-order valence-corrected chi connectivity index (χ3v) is 13.1. The molecule has 2 aromatic carbocycles. The van der Waals surface area contributed by atoms with Crippen LogP contribution in [0.15, 0.2) is 48.5 Å². The number of hydrogen-bond acceptors (Lipinski definition) is 8. The Bertz CT molecular complexity index is 2210. The molecule has 2 aromatic heterocycles. The molecule has 0 unspecified atom stereocenters. The van der Waals surface area contributed by atoms with E-state index in [1.165, 1.54) is 5.56 Å². The highest BCUT2D eigenvalue weighted by molar-refractivity contribution is 6.36. The normalized spacial score (nSPS) is 21.6. The number of halogens is 2. The Morgan fingerprint density at radius 1 is 0.709 bits per heavy atom. The van der Waals surface area contributed by atoms with Crippen LogP contribution in [0.3, 0.4) is 0 Å². The Labute approximate surface area is 326 Å². The predicted molar refractivity (Wildman–Crippen MR) is 209 cm³/mol. The molecule has 0 radical (unpaired) electrons. The summed E-state index contributed by atoms with van der Waals surface area (Å²) in [5, 5.41) is 0.416. The van der Waals surface area contributed by atoms with Crippen molar-refractivity contribution >= 4 is 23.4 Å². The zero-order valence-corrected chi connectivity index (χ0v) is 32.6. The molecule has 10 nitrogen and oxygen atoms in total. The van der Waals surface area contributed by atoms with Crippen molar-refractivity contribution < 1.29 is 23.5 Å². The lowest BCUT2D eigenvalue weighted by Crippen LogP contribution is -2.72. The minimum absolute atomic E-state index is 0.108. The molecule has 3 saturated heterocycles. The minimum Gasteiger partial charge on any atom is -0.481 e. The quantitative estimate of drug-likeness (QED) is 0.208. The summed E-state index contributed by atoms with van der Waals surface area (Å²) < 4.78 is 28.6. The average molecular weight is 765 g/mol. The maximum atomic E-state index is 16.8. The number of pyridine rings is 2. The Morgan fingerprint density at radius 3 is 1.78 bits per heavy atom. The van der Waals surface area contributed by atoms with Crippen LogP contribution in [0.4, 0.5) is 4.39 Å². The lowest BCUT2D eigenvalue weighted by molar-refractivity contribution is -0.161. The molecule has 3 aliphatic heterocycles. The van der Waals surface area contributed by atoms with Gasteiger partial charge in [-0.1, -0.05) is 41.9 Å². The van der Waals surface area contributed by atoms with Crippen LogP contribution in [-0.2, 0) is 22.4 Å². The van der Waals surface area contributed by atoms with Crippen molar-refractivity contribution in [1.82, 2.24) is 29.6 Å². The van der Waals surface area contributed by atoms with Crippen LogP contribution in [0, 0.1) is 11.2 Å². The van der Waals surface area contributed by atoms with Gasteiger partial charge in [0.25, 0.3) is 0 Å². The standard InChI is InChI=1S/C43H46ClFN6O4/c1-25(52)48-15-17-49(18-16-48)35-13-11-28-20-34(47-41(54-3)37(28)35)32-10-6-8-30(40(32)45)29-7-5-9-31(39(29)44)33-19-27-12-14-36(38(27)42(46-33)55-4)51-23-43(24-51)21-50(22-43)26(2)53/h5-10,19-20,35-36H,11-18,21-24H2,1-4H3/t35-,36+/m0/s1. The average Bonchev–Trinajstić information content (AvgIpc) is 3.78. The van der Waals surface area contributed by atoms with Gasteiger partial charge in [0.15, 0.2) is 0 Å². The zero-order chi connectivity index (χ0) is 38.2. The van der Waals surface area contributed by atoms with Crippen LogP contribution in [0.2, 0.25) is 5.02 Å². The Morgan fingerprint density at radius 2 is 1.22 bits per heavy atom. The molecule has 4 aromatic rings. The fourth-order valence-electron chi connectivity index (χ4n) is 9.93. The van der Waals surface area contributed by atoms with Crippen molar-refractivity contribution in [3.05, 3.63) is 81.6 Å². The van der Waals surface area contributed by atoms with Crippen molar-refractivity contribution in [2.45, 2.75) is 51.6 Å². The number of aryl methyl sites for hydroxylation is 2. The SMILES string of the molecule is COc1nc(-c2cccc(-c3cccc(-c4cc5c(c(OC)n4)[C@@H](N4CCN(C(C)=O)CC4)CC5)c3F)c2Cl)cc2c1[C@H](N1CC3(CN(C(C)=O)C3)C1)CC2. The topological polar surface area (TPSA) is 91.3 Å². The summed E-state index contributed by atoms with van der Waals surface area (Å²) in [4.78, 5) is 42.3. The summed E-state index contributed by atoms with van der Waals surface area (Å²) in [6, 6.07) is 15.5. The molecule has 286 valence electrons. The highest BCUT2D eigenvalue weighted by atomic mass is 35.5. The number of aromatic nitrogens is 2. The van der Waals surface area contributed by atoms with Crippen LogP contribution in [0.25, 0.3) is 33.6 Å². The van der Waals surface area contributed by atoms with E-state index in [1.807, 2.05) is 40.1 Å². The van der Waals surface area contributed by atoms with E-state index >= 15 is 4.39 Å². The molecule has 0 saturated carbocycles. The number of hydrogen-bond donors (Lipinski definition) is 0. The first-order chi connectivity index (χ1) is 26.6. The predicted octanol–water partition coefficient (Wildman–Crippen LogP) is 6.59. The fraction of sp³-hybridized carbons (Fsp3) is 0.442. The summed E-state index contributed by atoms with van der Waals surface area (Å²) >= 11 is 7.19. The van der Waals surface area contributed by atoms with E-state index in [2.05, 4.69) is 15.9 Å². The fourth-order valence-corrected chi connectivity index (χ4v) is 10.3. The van der Waals surface area contributed by atoms with Gasteiger partial charge >= 0.3 is 0 Å². The molecule has 0 bridgehead atoms. The number of nitrogens with zero attached hydrogens (tertiary/aromatic N) is 6. The maximum Gasteiger partial charge on any atom is 0.219 e. The van der Waals surface area contributed by atoms with Gasteiger partial charge in [-0.2, -0.15) is 0 Å². The first kappa shape index (κ1) is 36.1. The highest BCUT2D eigenvalue weighted by Crippen LogP contribution is 2.50. The highest BCUT2D eigenvalue weighted by Gasteiger charge is 2.55. The summed E-state index contributed by atoms with van der Waals surface area (Å²) in [5.74, 6) is 0.969. The second kappa shape index (κ2) is 13.9.